The summed E-state index contributed by atoms with van der Waals surface area (Å²) >= 11 is 0. The van der Waals surface area contributed by atoms with Crippen LogP contribution >= 0.6 is 0 Å². The van der Waals surface area contributed by atoms with Crippen molar-refractivity contribution in [2.24, 2.45) is 5.92 Å². The van der Waals surface area contributed by atoms with Crippen LogP contribution in [-0.4, -0.2) is 82.0 Å². The van der Waals surface area contributed by atoms with Gasteiger partial charge in [0, 0.05) is 33.3 Å². The molecule has 0 saturated carbocycles. The minimum atomic E-state index is -0.822. The molecule has 1 amide bonds. The quantitative estimate of drug-likeness (QED) is 0.354. The van der Waals surface area contributed by atoms with Gasteiger partial charge in [-0.15, -0.1) is 0 Å². The summed E-state index contributed by atoms with van der Waals surface area (Å²) in [4.78, 5) is 34.4. The summed E-state index contributed by atoms with van der Waals surface area (Å²) in [6.45, 7) is 9.66. The largest absolute Gasteiger partial charge is 0.463 e. The molecule has 10 heteroatoms. The van der Waals surface area contributed by atoms with E-state index in [1.807, 2.05) is 13.8 Å². The molecule has 0 aromatic heterocycles. The van der Waals surface area contributed by atoms with Gasteiger partial charge in [-0.05, 0) is 6.92 Å². The van der Waals surface area contributed by atoms with Crippen LogP contribution in [0.5, 0.6) is 0 Å². The Balaban J connectivity index is 2.77. The molecule has 0 aromatic rings. The lowest BCUT2D eigenvalue weighted by molar-refractivity contribution is -0.264. The molecule has 0 aromatic carbocycles. The van der Waals surface area contributed by atoms with Gasteiger partial charge in [0.1, 0.15) is 18.8 Å². The number of nitrogens with one attached hydrogen (secondary N) is 1. The van der Waals surface area contributed by atoms with E-state index in [0.29, 0.717) is 26.4 Å². The van der Waals surface area contributed by atoms with E-state index in [9.17, 15) is 14.4 Å². The van der Waals surface area contributed by atoms with Crippen LogP contribution in [0.3, 0.4) is 0 Å². The third kappa shape index (κ3) is 9.53. The van der Waals surface area contributed by atoms with Crippen molar-refractivity contribution >= 4 is 17.8 Å². The zero-order chi connectivity index (χ0) is 21.8. The van der Waals surface area contributed by atoms with Crippen molar-refractivity contribution in [1.29, 1.82) is 0 Å². The van der Waals surface area contributed by atoms with Gasteiger partial charge in [-0.3, -0.25) is 14.4 Å². The Labute approximate surface area is 171 Å². The number of hydrogen-bond acceptors (Lipinski definition) is 9. The van der Waals surface area contributed by atoms with E-state index < -0.39 is 36.5 Å². The average Bonchev–Trinajstić information content (AvgIpc) is 2.63. The first-order chi connectivity index (χ1) is 13.8. The van der Waals surface area contributed by atoms with Crippen molar-refractivity contribution in [2.75, 3.05) is 39.6 Å². The van der Waals surface area contributed by atoms with Crippen LogP contribution < -0.4 is 5.32 Å². The molecule has 168 valence electrons. The molecule has 0 radical (unpaired) electrons. The van der Waals surface area contributed by atoms with Crippen molar-refractivity contribution in [1.82, 2.24) is 5.32 Å². The molecule has 1 aliphatic rings. The molecule has 29 heavy (non-hydrogen) atoms. The maximum Gasteiger partial charge on any atom is 0.303 e. The lowest BCUT2D eigenvalue weighted by atomic mass is 9.88. The van der Waals surface area contributed by atoms with Crippen LogP contribution in [0.1, 0.15) is 34.6 Å². The lowest BCUT2D eigenvalue weighted by Gasteiger charge is -2.44. The predicted octanol–water partition coefficient (Wildman–Crippen LogP) is 0.417. The summed E-state index contributed by atoms with van der Waals surface area (Å²) in [5.74, 6) is -1.60. The van der Waals surface area contributed by atoms with Gasteiger partial charge >= 0.3 is 11.9 Å². The molecule has 0 aliphatic carbocycles. The van der Waals surface area contributed by atoms with E-state index in [-0.39, 0.29) is 25.0 Å². The number of esters is 2. The minimum Gasteiger partial charge on any atom is -0.463 e. The van der Waals surface area contributed by atoms with Crippen molar-refractivity contribution in [3.05, 3.63) is 0 Å². The molecular formula is C19H33NO9. The molecule has 5 atom stereocenters. The number of carbonyl (C=O) groups is 3. The van der Waals surface area contributed by atoms with Gasteiger partial charge in [-0.2, -0.15) is 0 Å². The van der Waals surface area contributed by atoms with Crippen LogP contribution in [-0.2, 0) is 42.8 Å². The van der Waals surface area contributed by atoms with E-state index >= 15 is 0 Å². The molecule has 1 fully saturated rings. The van der Waals surface area contributed by atoms with Crippen molar-refractivity contribution in [3.8, 4) is 0 Å². The summed E-state index contributed by atoms with van der Waals surface area (Å²) in [5.41, 5.74) is 0. The van der Waals surface area contributed by atoms with E-state index in [4.69, 9.17) is 28.4 Å². The van der Waals surface area contributed by atoms with Gasteiger partial charge in [0.25, 0.3) is 0 Å². The Kier molecular flexibility index (Phi) is 11.7. The number of amides is 1. The molecule has 2 unspecified atom stereocenters. The summed E-state index contributed by atoms with van der Waals surface area (Å²) < 4.78 is 32.7. The van der Waals surface area contributed by atoms with Gasteiger partial charge in [-0.1, -0.05) is 6.92 Å². The smallest absolute Gasteiger partial charge is 0.303 e. The molecule has 0 spiro atoms. The van der Waals surface area contributed by atoms with E-state index in [0.717, 1.165) is 0 Å². The van der Waals surface area contributed by atoms with E-state index in [1.54, 1.807) is 0 Å². The standard InChI is InChI=1S/C19H33NO9/c1-6-24-7-8-25-9-10-26-19-17(20-13(3)21)12(2)18(28-15(5)23)16(29-19)11-27-14(4)22/h12,16-19H,6-11H2,1-5H3,(H,20,21)/t12-,16?,17+,18-,19?/m1/s1. The minimum absolute atomic E-state index is 0.102. The third-order valence-corrected chi connectivity index (χ3v) is 4.26. The Bertz CT molecular complexity index is 526. The monoisotopic (exact) mass is 419 g/mol. The normalized spacial score (nSPS) is 26.6. The number of carbonyl (C=O) groups excluding carboxylic acids is 3. The van der Waals surface area contributed by atoms with Gasteiger partial charge < -0.3 is 33.7 Å². The highest BCUT2D eigenvalue weighted by Crippen LogP contribution is 2.29. The molecule has 1 rings (SSSR count). The first kappa shape index (κ1) is 25.3. The maximum absolute atomic E-state index is 11.7. The van der Waals surface area contributed by atoms with Crippen LogP contribution in [0.2, 0.25) is 0 Å². The Morgan fingerprint density at radius 3 is 2.21 bits per heavy atom. The average molecular weight is 419 g/mol. The van der Waals surface area contributed by atoms with Crippen molar-refractivity contribution in [3.63, 3.8) is 0 Å². The molecule has 1 saturated heterocycles. The number of hydrogen-bond donors (Lipinski definition) is 1. The molecule has 1 heterocycles. The first-order valence-electron chi connectivity index (χ1n) is 9.76. The summed E-state index contributed by atoms with van der Waals surface area (Å²) in [5, 5.41) is 2.79. The van der Waals surface area contributed by atoms with Crippen LogP contribution in [0.4, 0.5) is 0 Å². The van der Waals surface area contributed by atoms with Crippen molar-refractivity contribution < 1.29 is 42.8 Å². The molecule has 10 nitrogen and oxygen atoms in total. The van der Waals surface area contributed by atoms with Crippen LogP contribution in [0.15, 0.2) is 0 Å². The predicted molar refractivity (Wildman–Crippen MR) is 101 cm³/mol. The SMILES string of the molecule is CCOCCOCCOC1OC(COC(C)=O)[C@H](OC(C)=O)[C@H](C)[C@@H]1NC(C)=O. The van der Waals surface area contributed by atoms with Gasteiger partial charge in [0.2, 0.25) is 5.91 Å². The second kappa shape index (κ2) is 13.5. The Morgan fingerprint density at radius 2 is 1.62 bits per heavy atom. The summed E-state index contributed by atoms with van der Waals surface area (Å²) in [6.07, 6.45) is -2.27. The zero-order valence-corrected chi connectivity index (χ0v) is 17.8. The number of ether oxygens (including phenoxy) is 6. The fourth-order valence-corrected chi connectivity index (χ4v) is 3.00. The zero-order valence-electron chi connectivity index (χ0n) is 17.8. The summed E-state index contributed by atoms with van der Waals surface area (Å²) in [6, 6.07) is -0.561. The highest BCUT2D eigenvalue weighted by Gasteiger charge is 2.46. The second-order valence-corrected chi connectivity index (χ2v) is 6.69. The Morgan fingerprint density at radius 1 is 0.966 bits per heavy atom. The molecule has 0 bridgehead atoms. The summed E-state index contributed by atoms with van der Waals surface area (Å²) in [7, 11) is 0. The van der Waals surface area contributed by atoms with Crippen molar-refractivity contribution in [2.45, 2.75) is 59.2 Å². The topological polar surface area (TPSA) is 119 Å². The highest BCUT2D eigenvalue weighted by atomic mass is 16.7. The number of rotatable bonds is 12. The Hall–Kier alpha value is -1.75. The fourth-order valence-electron chi connectivity index (χ4n) is 3.00. The molecule has 1 N–H and O–H groups in total. The van der Waals surface area contributed by atoms with Crippen LogP contribution in [0, 0.1) is 5.92 Å². The molecule has 1 aliphatic heterocycles. The first-order valence-corrected chi connectivity index (χ1v) is 9.76. The second-order valence-electron chi connectivity index (χ2n) is 6.69. The van der Waals surface area contributed by atoms with Gasteiger partial charge in [0.05, 0.1) is 32.5 Å². The maximum atomic E-state index is 11.7. The van der Waals surface area contributed by atoms with E-state index in [1.165, 1.54) is 20.8 Å². The fraction of sp³-hybridized carbons (Fsp3) is 0.842. The highest BCUT2D eigenvalue weighted by molar-refractivity contribution is 5.73. The third-order valence-electron chi connectivity index (χ3n) is 4.26. The van der Waals surface area contributed by atoms with Crippen LogP contribution in [0.25, 0.3) is 0 Å². The van der Waals surface area contributed by atoms with E-state index in [2.05, 4.69) is 5.32 Å². The van der Waals surface area contributed by atoms with Gasteiger partial charge in [0.15, 0.2) is 6.29 Å². The molecular weight excluding hydrogens is 386 g/mol. The lowest BCUT2D eigenvalue weighted by Crippen LogP contribution is -2.62. The van der Waals surface area contributed by atoms with Gasteiger partial charge in [-0.25, -0.2) is 0 Å².